The Kier molecular flexibility index (Phi) is 12.3. The lowest BCUT2D eigenvalue weighted by Gasteiger charge is -2.32. The summed E-state index contributed by atoms with van der Waals surface area (Å²) < 4.78 is 57.8. The monoisotopic (exact) mass is 899 g/mol. The molecule has 3 aliphatic heterocycles. The SMILES string of the molecule is COc1ccc2c(O[C@@H]3C[C@H]4C(=O)C[C@]5(C(=O)NS(=O)(=O)C6(C)CC6)C[C@H]5/C=C\CC[C@H](C)C[C@@H](C)[C@H](CC(=O)OC(C)(C)C)C(=O)N4C3)nc(-c3ccc4c(c3)OCCO4)cc2c1. The Hall–Kier alpha value is -5.18. The van der Waals surface area contributed by atoms with Crippen LogP contribution in [0.2, 0.25) is 0 Å². The van der Waals surface area contributed by atoms with Gasteiger partial charge in [-0.1, -0.05) is 26.0 Å². The van der Waals surface area contributed by atoms with Crippen LogP contribution in [0.15, 0.2) is 54.6 Å². The molecule has 64 heavy (non-hydrogen) atoms. The second-order valence-corrected chi connectivity index (χ2v) is 22.2. The summed E-state index contributed by atoms with van der Waals surface area (Å²) in [5.74, 6) is -1.03. The summed E-state index contributed by atoms with van der Waals surface area (Å²) in [5.41, 5.74) is -0.736. The summed E-state index contributed by atoms with van der Waals surface area (Å²) in [4.78, 5) is 64.3. The van der Waals surface area contributed by atoms with Crippen LogP contribution in [0.1, 0.15) is 99.3 Å². The number of carbonyl (C=O) groups excluding carboxylic acids is 4. The van der Waals surface area contributed by atoms with Crippen LogP contribution in [0.4, 0.5) is 0 Å². The van der Waals surface area contributed by atoms with Gasteiger partial charge in [0.1, 0.15) is 30.7 Å². The number of allylic oxidation sites excluding steroid dienone is 2. The van der Waals surface area contributed by atoms with Gasteiger partial charge in [0.2, 0.25) is 27.7 Å². The summed E-state index contributed by atoms with van der Waals surface area (Å²) in [6, 6.07) is 12.0. The third-order valence-electron chi connectivity index (χ3n) is 13.7. The fraction of sp³-hybridized carbons (Fsp3) is 0.571. The molecule has 344 valence electrons. The van der Waals surface area contributed by atoms with Gasteiger partial charge in [0, 0.05) is 23.8 Å². The van der Waals surface area contributed by atoms with Gasteiger partial charge in [-0.15, -0.1) is 0 Å². The maximum absolute atomic E-state index is 15.2. The van der Waals surface area contributed by atoms with Gasteiger partial charge < -0.3 is 28.6 Å². The van der Waals surface area contributed by atoms with Crippen LogP contribution < -0.4 is 23.7 Å². The van der Waals surface area contributed by atoms with E-state index in [9.17, 15) is 22.8 Å². The van der Waals surface area contributed by atoms with Crippen LogP contribution in [-0.2, 0) is 33.9 Å². The average molecular weight is 900 g/mol. The fourth-order valence-electron chi connectivity index (χ4n) is 9.58. The molecule has 0 radical (unpaired) electrons. The number of sulfonamides is 1. The van der Waals surface area contributed by atoms with Gasteiger partial charge in [0.15, 0.2) is 17.3 Å². The number of ether oxygens (including phenoxy) is 5. The predicted octanol–water partition coefficient (Wildman–Crippen LogP) is 7.35. The van der Waals surface area contributed by atoms with E-state index in [2.05, 4.69) is 11.6 Å². The first-order chi connectivity index (χ1) is 30.3. The lowest BCUT2D eigenvalue weighted by molar-refractivity contribution is -0.160. The molecule has 15 heteroatoms. The number of Topliss-reactive ketones (excluding diaryl/α,β-unsaturated/α-hetero) is 1. The van der Waals surface area contributed by atoms with Gasteiger partial charge in [-0.05, 0) is 132 Å². The van der Waals surface area contributed by atoms with Crippen molar-refractivity contribution < 1.29 is 51.3 Å². The molecule has 2 amide bonds. The van der Waals surface area contributed by atoms with Crippen molar-refractivity contribution in [3.8, 4) is 34.4 Å². The van der Waals surface area contributed by atoms with Gasteiger partial charge in [-0.2, -0.15) is 0 Å². The first-order valence-corrected chi connectivity index (χ1v) is 24.1. The molecule has 5 aliphatic rings. The van der Waals surface area contributed by atoms with Crippen LogP contribution >= 0.6 is 0 Å². The number of ketones is 1. The molecular formula is C49H61N3O11S. The molecular weight excluding hydrogens is 839 g/mol. The maximum atomic E-state index is 15.2. The van der Waals surface area contributed by atoms with Crippen LogP contribution in [0, 0.1) is 29.1 Å². The van der Waals surface area contributed by atoms with Crippen LogP contribution in [0.25, 0.3) is 22.0 Å². The number of benzene rings is 2. The van der Waals surface area contributed by atoms with Crippen LogP contribution in [-0.4, -0.2) is 91.2 Å². The highest BCUT2D eigenvalue weighted by atomic mass is 32.2. The second-order valence-electron chi connectivity index (χ2n) is 20.0. The number of methoxy groups -OCH3 is 1. The Morgan fingerprint density at radius 1 is 1.00 bits per heavy atom. The summed E-state index contributed by atoms with van der Waals surface area (Å²) in [5, 5.41) is 1.47. The first kappa shape index (κ1) is 45.4. The number of nitrogens with zero attached hydrogens (tertiary/aromatic N) is 2. The highest BCUT2D eigenvalue weighted by Crippen LogP contribution is 2.58. The van der Waals surface area contributed by atoms with E-state index in [0.717, 1.165) is 17.4 Å². The minimum absolute atomic E-state index is 0.00513. The van der Waals surface area contributed by atoms with Crippen molar-refractivity contribution >= 4 is 44.4 Å². The van der Waals surface area contributed by atoms with E-state index in [1.807, 2.05) is 61.5 Å². The number of aromatic nitrogens is 1. The van der Waals surface area contributed by atoms with E-state index in [1.165, 1.54) is 4.90 Å². The molecule has 0 spiro atoms. The lowest BCUT2D eigenvalue weighted by Crippen LogP contribution is -2.48. The Labute approximate surface area is 375 Å². The molecule has 1 saturated heterocycles. The molecule has 3 aromatic rings. The minimum atomic E-state index is -3.99. The Morgan fingerprint density at radius 2 is 1.75 bits per heavy atom. The van der Waals surface area contributed by atoms with E-state index in [0.29, 0.717) is 73.6 Å². The van der Waals surface area contributed by atoms with Crippen LogP contribution in [0.5, 0.6) is 23.1 Å². The van der Waals surface area contributed by atoms with Gasteiger partial charge in [-0.3, -0.25) is 23.9 Å². The summed E-state index contributed by atoms with van der Waals surface area (Å²) in [6.07, 6.45) is 6.22. The van der Waals surface area contributed by atoms with Crippen molar-refractivity contribution in [2.24, 2.45) is 29.1 Å². The second kappa shape index (κ2) is 17.3. The molecule has 0 unspecified atom stereocenters. The largest absolute Gasteiger partial charge is 0.497 e. The number of amides is 2. The molecule has 2 aromatic carbocycles. The van der Waals surface area contributed by atoms with Crippen molar-refractivity contribution in [3.05, 3.63) is 54.6 Å². The number of carbonyl (C=O) groups is 4. The van der Waals surface area contributed by atoms with E-state index in [1.54, 1.807) is 34.8 Å². The first-order valence-electron chi connectivity index (χ1n) is 22.6. The normalized spacial score (nSPS) is 28.5. The average Bonchev–Trinajstić information content (AvgIpc) is 4.13. The van der Waals surface area contributed by atoms with Gasteiger partial charge in [0.05, 0.1) is 47.9 Å². The topological polar surface area (TPSA) is 177 Å². The zero-order valence-corrected chi connectivity index (χ0v) is 38.8. The third-order valence-corrected chi connectivity index (χ3v) is 15.9. The molecule has 2 aliphatic carbocycles. The fourth-order valence-corrected chi connectivity index (χ4v) is 10.9. The molecule has 8 rings (SSSR count). The summed E-state index contributed by atoms with van der Waals surface area (Å²) in [6.45, 7) is 11.9. The van der Waals surface area contributed by atoms with E-state index < -0.39 is 55.7 Å². The smallest absolute Gasteiger partial charge is 0.307 e. The number of pyridine rings is 1. The third kappa shape index (κ3) is 9.46. The van der Waals surface area contributed by atoms with Crippen molar-refractivity contribution in [2.75, 3.05) is 26.9 Å². The molecule has 0 bridgehead atoms. The standard InChI is InChI=1S/C49H61N3O11S/c1-29-10-8-9-11-33-26-49(33,46(56)51-64(57,58)48(6)16-17-48)27-40(53)39-24-35(28-52(39)45(55)37(30(2)20-29)25-43(54)63-47(3,4)5)62-44-36-14-13-34(59-7)21-32(36)22-38(50-44)31-12-15-41-42(23-31)61-19-18-60-41/h9,11-15,21-23,29-30,33,35,37,39H,8,10,16-20,24-28H2,1-7H3,(H,51,56)/b11-9-/t29-,30+,33+,35+,37-,39-,49+/m0/s1. The van der Waals surface area contributed by atoms with Crippen LogP contribution in [0.3, 0.4) is 0 Å². The predicted molar refractivity (Wildman–Crippen MR) is 239 cm³/mol. The van der Waals surface area contributed by atoms with Crippen molar-refractivity contribution in [2.45, 2.75) is 122 Å². The molecule has 7 atom stereocenters. The number of rotatable bonds is 9. The zero-order chi connectivity index (χ0) is 45.8. The number of hydrogen-bond acceptors (Lipinski definition) is 12. The number of esters is 1. The maximum Gasteiger partial charge on any atom is 0.307 e. The summed E-state index contributed by atoms with van der Waals surface area (Å²) >= 11 is 0. The van der Waals surface area contributed by atoms with Crippen molar-refractivity contribution in [1.29, 1.82) is 0 Å². The van der Waals surface area contributed by atoms with E-state index in [4.69, 9.17) is 28.7 Å². The highest BCUT2D eigenvalue weighted by Gasteiger charge is 2.62. The van der Waals surface area contributed by atoms with Crippen molar-refractivity contribution in [3.63, 3.8) is 0 Å². The quantitative estimate of drug-likeness (QED) is 0.167. The van der Waals surface area contributed by atoms with Crippen molar-refractivity contribution in [1.82, 2.24) is 14.6 Å². The minimum Gasteiger partial charge on any atom is -0.497 e. The Morgan fingerprint density at radius 3 is 2.47 bits per heavy atom. The molecule has 14 nitrogen and oxygen atoms in total. The zero-order valence-electron chi connectivity index (χ0n) is 37.9. The molecule has 4 heterocycles. The molecule has 2 saturated carbocycles. The van der Waals surface area contributed by atoms with Gasteiger partial charge in [0.25, 0.3) is 0 Å². The molecule has 1 aromatic heterocycles. The number of fused-ring (bicyclic) bond motifs is 4. The lowest BCUT2D eigenvalue weighted by atomic mass is 9.82. The van der Waals surface area contributed by atoms with Gasteiger partial charge in [-0.25, -0.2) is 13.4 Å². The Balaban J connectivity index is 1.16. The molecule has 1 N–H and O–H groups in total. The number of hydrogen-bond donors (Lipinski definition) is 1. The van der Waals surface area contributed by atoms with E-state index >= 15 is 4.79 Å². The Bertz CT molecular complexity index is 2480. The highest BCUT2D eigenvalue weighted by molar-refractivity contribution is 7.91. The number of nitrogens with one attached hydrogen (secondary N) is 1. The van der Waals surface area contributed by atoms with Gasteiger partial charge >= 0.3 is 5.97 Å². The summed E-state index contributed by atoms with van der Waals surface area (Å²) in [7, 11) is -2.40. The molecule has 3 fully saturated rings. The van der Waals surface area contributed by atoms with E-state index in [-0.39, 0.29) is 61.1 Å².